The van der Waals surface area contributed by atoms with Crippen LogP contribution in [0.3, 0.4) is 0 Å². The van der Waals surface area contributed by atoms with Gasteiger partial charge in [0.15, 0.2) is 0 Å². The predicted octanol–water partition coefficient (Wildman–Crippen LogP) is 0.248. The summed E-state index contributed by atoms with van der Waals surface area (Å²) in [5, 5.41) is 0. The van der Waals surface area contributed by atoms with Crippen LogP contribution in [0.25, 0.3) is 0 Å². The average Bonchev–Trinajstić information content (AvgIpc) is 2.44. The highest BCUT2D eigenvalue weighted by Gasteiger charge is 2.68. The molecule has 0 aromatic carbocycles. The second kappa shape index (κ2) is 2.22. The highest BCUT2D eigenvalue weighted by molar-refractivity contribution is 5.19. The molecule has 0 amide bonds. The lowest BCUT2D eigenvalue weighted by Crippen LogP contribution is -2.38. The Morgan fingerprint density at radius 2 is 2.58 bits per heavy atom. The molecular weight excluding hydrogens is 154 g/mol. The summed E-state index contributed by atoms with van der Waals surface area (Å²) in [7, 11) is 1.77. The summed E-state index contributed by atoms with van der Waals surface area (Å²) in [5.41, 5.74) is 0.116. The Labute approximate surface area is 72.6 Å². The van der Waals surface area contributed by atoms with Gasteiger partial charge in [-0.3, -0.25) is 4.90 Å². The molecule has 3 atom stereocenters. The second-order valence-corrected chi connectivity index (χ2v) is 4.15. The number of methoxy groups -OCH3 is 1. The fourth-order valence-electron chi connectivity index (χ4n) is 2.98. The smallest absolute Gasteiger partial charge is 0.135 e. The van der Waals surface area contributed by atoms with Crippen molar-refractivity contribution in [2.45, 2.75) is 30.6 Å². The van der Waals surface area contributed by atoms with Crippen LogP contribution < -0.4 is 0 Å². The van der Waals surface area contributed by atoms with E-state index < -0.39 is 0 Å². The molecule has 3 aliphatic rings. The van der Waals surface area contributed by atoms with Gasteiger partial charge in [0.2, 0.25) is 0 Å². The van der Waals surface area contributed by atoms with Gasteiger partial charge in [-0.1, -0.05) is 0 Å². The van der Waals surface area contributed by atoms with Gasteiger partial charge >= 0.3 is 0 Å². The van der Waals surface area contributed by atoms with Crippen LogP contribution in [0, 0.1) is 0 Å². The Kier molecular flexibility index (Phi) is 1.35. The third-order valence-corrected chi connectivity index (χ3v) is 3.55. The standard InChI is InChI=1S/C9H15NO2/c1-11-6-9-7-3-2-4-10(7)5-8(9)12-9/h7-8H,2-6H2,1H3. The summed E-state index contributed by atoms with van der Waals surface area (Å²) in [5.74, 6) is 0. The van der Waals surface area contributed by atoms with Crippen molar-refractivity contribution in [2.75, 3.05) is 26.8 Å². The molecule has 3 unspecified atom stereocenters. The van der Waals surface area contributed by atoms with Crippen LogP contribution in [0.2, 0.25) is 0 Å². The molecule has 3 heterocycles. The normalized spacial score (nSPS) is 50.8. The largest absolute Gasteiger partial charge is 0.382 e. The quantitative estimate of drug-likeness (QED) is 0.554. The Morgan fingerprint density at radius 1 is 1.67 bits per heavy atom. The molecule has 0 saturated carbocycles. The lowest BCUT2D eigenvalue weighted by atomic mass is 9.99. The van der Waals surface area contributed by atoms with E-state index in [-0.39, 0.29) is 5.60 Å². The zero-order chi connectivity index (χ0) is 8.18. The monoisotopic (exact) mass is 169 g/mol. The van der Waals surface area contributed by atoms with Crippen molar-refractivity contribution in [3.8, 4) is 0 Å². The van der Waals surface area contributed by atoms with E-state index in [1.807, 2.05) is 0 Å². The van der Waals surface area contributed by atoms with Gasteiger partial charge in [-0.2, -0.15) is 0 Å². The van der Waals surface area contributed by atoms with E-state index in [4.69, 9.17) is 9.47 Å². The minimum absolute atomic E-state index is 0.116. The van der Waals surface area contributed by atoms with Crippen LogP contribution in [0.15, 0.2) is 0 Å². The summed E-state index contributed by atoms with van der Waals surface area (Å²) in [4.78, 5) is 2.56. The van der Waals surface area contributed by atoms with Gasteiger partial charge in [-0.05, 0) is 19.4 Å². The van der Waals surface area contributed by atoms with Gasteiger partial charge in [-0.15, -0.1) is 0 Å². The molecule has 68 valence electrons. The zero-order valence-electron chi connectivity index (χ0n) is 7.45. The van der Waals surface area contributed by atoms with Gasteiger partial charge in [0.1, 0.15) is 11.7 Å². The molecule has 3 aliphatic heterocycles. The molecular formula is C9H15NO2. The first-order chi connectivity index (χ1) is 5.87. The minimum Gasteiger partial charge on any atom is -0.382 e. The van der Waals surface area contributed by atoms with E-state index in [1.165, 1.54) is 19.4 Å². The highest BCUT2D eigenvalue weighted by Crippen LogP contribution is 2.51. The van der Waals surface area contributed by atoms with E-state index in [9.17, 15) is 0 Å². The van der Waals surface area contributed by atoms with Gasteiger partial charge in [-0.25, -0.2) is 0 Å². The molecule has 0 bridgehead atoms. The van der Waals surface area contributed by atoms with Crippen molar-refractivity contribution in [1.82, 2.24) is 4.90 Å². The summed E-state index contributed by atoms with van der Waals surface area (Å²) < 4.78 is 11.0. The van der Waals surface area contributed by atoms with E-state index in [0.29, 0.717) is 12.1 Å². The van der Waals surface area contributed by atoms with E-state index in [0.717, 1.165) is 13.2 Å². The van der Waals surface area contributed by atoms with Gasteiger partial charge < -0.3 is 9.47 Å². The Balaban J connectivity index is 1.81. The van der Waals surface area contributed by atoms with Crippen molar-refractivity contribution in [1.29, 1.82) is 0 Å². The minimum atomic E-state index is 0.116. The molecule has 3 fully saturated rings. The number of hydrogen-bond acceptors (Lipinski definition) is 3. The molecule has 0 radical (unpaired) electrons. The maximum Gasteiger partial charge on any atom is 0.135 e. The molecule has 0 aromatic heterocycles. The topological polar surface area (TPSA) is 25.0 Å². The van der Waals surface area contributed by atoms with Crippen molar-refractivity contribution in [3.63, 3.8) is 0 Å². The van der Waals surface area contributed by atoms with Gasteiger partial charge in [0.25, 0.3) is 0 Å². The van der Waals surface area contributed by atoms with E-state index >= 15 is 0 Å². The SMILES string of the molecule is COCC12OC1CN1CCCC12. The van der Waals surface area contributed by atoms with Gasteiger partial charge in [0, 0.05) is 19.7 Å². The first kappa shape index (κ1) is 7.30. The number of nitrogens with zero attached hydrogens (tertiary/aromatic N) is 1. The van der Waals surface area contributed by atoms with Crippen LogP contribution in [0.4, 0.5) is 0 Å². The first-order valence-corrected chi connectivity index (χ1v) is 4.77. The van der Waals surface area contributed by atoms with Crippen molar-refractivity contribution in [2.24, 2.45) is 0 Å². The van der Waals surface area contributed by atoms with Crippen LogP contribution >= 0.6 is 0 Å². The fourth-order valence-corrected chi connectivity index (χ4v) is 2.98. The molecule has 12 heavy (non-hydrogen) atoms. The molecule has 3 nitrogen and oxygen atoms in total. The van der Waals surface area contributed by atoms with Crippen LogP contribution in [-0.2, 0) is 9.47 Å². The maximum atomic E-state index is 5.73. The van der Waals surface area contributed by atoms with Crippen LogP contribution in [-0.4, -0.2) is 49.5 Å². The zero-order valence-corrected chi connectivity index (χ0v) is 7.45. The molecule has 3 heteroatoms. The van der Waals surface area contributed by atoms with Crippen LogP contribution in [0.5, 0.6) is 0 Å². The number of ether oxygens (including phenoxy) is 2. The Bertz CT molecular complexity index is 209. The Hall–Kier alpha value is -0.120. The van der Waals surface area contributed by atoms with Crippen LogP contribution in [0.1, 0.15) is 12.8 Å². The van der Waals surface area contributed by atoms with Crippen molar-refractivity contribution in [3.05, 3.63) is 0 Å². The Morgan fingerprint density at radius 3 is 3.42 bits per heavy atom. The summed E-state index contributed by atoms with van der Waals surface area (Å²) in [6, 6.07) is 0.669. The van der Waals surface area contributed by atoms with E-state index in [1.54, 1.807) is 7.11 Å². The maximum absolute atomic E-state index is 5.73. The molecule has 0 spiro atoms. The predicted molar refractivity (Wildman–Crippen MR) is 44.1 cm³/mol. The van der Waals surface area contributed by atoms with E-state index in [2.05, 4.69) is 4.90 Å². The summed E-state index contributed by atoms with van der Waals surface area (Å²) >= 11 is 0. The van der Waals surface area contributed by atoms with Crippen molar-refractivity contribution < 1.29 is 9.47 Å². The number of morpholine rings is 1. The molecule has 0 N–H and O–H groups in total. The highest BCUT2D eigenvalue weighted by atomic mass is 16.6. The molecule has 3 saturated heterocycles. The lowest BCUT2D eigenvalue weighted by Gasteiger charge is -2.22. The first-order valence-electron chi connectivity index (χ1n) is 4.77. The fraction of sp³-hybridized carbons (Fsp3) is 1.00. The molecule has 0 aromatic rings. The number of hydrogen-bond donors (Lipinski definition) is 0. The molecule has 3 rings (SSSR count). The van der Waals surface area contributed by atoms with Gasteiger partial charge in [0.05, 0.1) is 6.61 Å². The molecule has 0 aliphatic carbocycles. The third-order valence-electron chi connectivity index (χ3n) is 3.55. The second-order valence-electron chi connectivity index (χ2n) is 4.15. The lowest BCUT2D eigenvalue weighted by molar-refractivity contribution is 0.0617. The van der Waals surface area contributed by atoms with Crippen molar-refractivity contribution >= 4 is 0 Å². The number of epoxide rings is 1. The average molecular weight is 169 g/mol. The summed E-state index contributed by atoms with van der Waals surface area (Å²) in [6.45, 7) is 3.21. The summed E-state index contributed by atoms with van der Waals surface area (Å²) in [6.07, 6.45) is 3.13. The number of rotatable bonds is 2. The third kappa shape index (κ3) is 0.721. The number of fused-ring (bicyclic) bond motifs is 3.